The van der Waals surface area contributed by atoms with Crippen LogP contribution in [0, 0.1) is 0 Å². The molecule has 0 rings (SSSR count). The molecule has 0 aliphatic rings. The van der Waals surface area contributed by atoms with E-state index >= 15 is 0 Å². The third-order valence-corrected chi connectivity index (χ3v) is 0. The van der Waals surface area contributed by atoms with Crippen molar-refractivity contribution in [3.63, 3.8) is 0 Å². The van der Waals surface area contributed by atoms with Crippen molar-refractivity contribution < 1.29 is 22.3 Å². The molecule has 0 spiro atoms. The number of hydrogen-bond acceptors (Lipinski definition) is 5. The molecule has 1 radical (unpaired) electrons. The summed E-state index contributed by atoms with van der Waals surface area (Å²) in [6.07, 6.45) is 0. The van der Waals surface area contributed by atoms with Crippen LogP contribution in [0.3, 0.4) is 0 Å². The maximum atomic E-state index is 0. The molecule has 57 valence electrons. The monoisotopic (exact) mass is 162 g/mol. The molecule has 0 unspecified atom stereocenters. The van der Waals surface area contributed by atoms with Crippen molar-refractivity contribution in [2.75, 3.05) is 0 Å². The van der Waals surface area contributed by atoms with Crippen molar-refractivity contribution in [1.29, 1.82) is 0 Å². The molecule has 6 nitrogen and oxygen atoms in total. The van der Waals surface area contributed by atoms with Crippen LogP contribution in [0.25, 0.3) is 0 Å². The average molecular weight is 162 g/mol. The summed E-state index contributed by atoms with van der Waals surface area (Å²) in [4.78, 5) is 0. The fourth-order valence-corrected chi connectivity index (χ4v) is 0. The first kappa shape index (κ1) is 4020. The van der Waals surface area contributed by atoms with E-state index in [0.29, 0.717) is 0 Å². The van der Waals surface area contributed by atoms with Gasteiger partial charge in [0.05, 0.1) is 0 Å². The molecular formula is H17CoN5O. The van der Waals surface area contributed by atoms with Crippen LogP contribution in [0.2, 0.25) is 0 Å². The normalized spacial score (nSPS) is 0. The van der Waals surface area contributed by atoms with Gasteiger partial charge in [-0.3, -0.25) is 0 Å². The standard InChI is InChI=1S/Co.5H3N.H2O/h;5*1H3;1H2. The zero-order valence-electron chi connectivity index (χ0n) is 4.37. The molecule has 0 aromatic carbocycles. The zero-order chi connectivity index (χ0) is 0. The minimum Gasteiger partial charge on any atom is -0.412 e. The van der Waals surface area contributed by atoms with Crippen LogP contribution in [0.15, 0.2) is 0 Å². The molecule has 0 atom stereocenters. The van der Waals surface area contributed by atoms with E-state index in [9.17, 15) is 0 Å². The Morgan fingerprint density at radius 3 is 0.429 bits per heavy atom. The Bertz CT molecular complexity index is 8.04. The summed E-state index contributed by atoms with van der Waals surface area (Å²) in [7, 11) is 0. The second-order valence-corrected chi connectivity index (χ2v) is 0. The van der Waals surface area contributed by atoms with Gasteiger partial charge in [0.2, 0.25) is 0 Å². The van der Waals surface area contributed by atoms with Gasteiger partial charge in [-0.1, -0.05) is 0 Å². The van der Waals surface area contributed by atoms with E-state index in [4.69, 9.17) is 0 Å². The van der Waals surface area contributed by atoms with Gasteiger partial charge in [0.1, 0.15) is 0 Å². The van der Waals surface area contributed by atoms with Gasteiger partial charge in [-0.15, -0.1) is 0 Å². The average Bonchev–Trinajstić information content (AvgIpc) is 0. The molecular weight excluding hydrogens is 145 g/mol. The Morgan fingerprint density at radius 2 is 0.429 bits per heavy atom. The molecule has 0 heterocycles. The van der Waals surface area contributed by atoms with Crippen LogP contribution in [-0.2, 0) is 16.8 Å². The number of rotatable bonds is 0. The van der Waals surface area contributed by atoms with Gasteiger partial charge < -0.3 is 36.2 Å². The first-order valence-corrected chi connectivity index (χ1v) is 0. The topological polar surface area (TPSA) is 206 Å². The molecule has 17 N–H and O–H groups in total. The van der Waals surface area contributed by atoms with E-state index in [2.05, 4.69) is 0 Å². The van der Waals surface area contributed by atoms with Crippen LogP contribution in [-0.4, -0.2) is 5.48 Å². The predicted octanol–water partition coefficient (Wildman–Crippen LogP) is -0.0172. The molecule has 0 amide bonds. The van der Waals surface area contributed by atoms with Crippen LogP contribution in [0.1, 0.15) is 0 Å². The van der Waals surface area contributed by atoms with E-state index in [1.807, 2.05) is 0 Å². The van der Waals surface area contributed by atoms with Gasteiger partial charge in [0.15, 0.2) is 0 Å². The second-order valence-electron chi connectivity index (χ2n) is 0. The summed E-state index contributed by atoms with van der Waals surface area (Å²) in [5, 5.41) is 0. The minimum absolute atomic E-state index is 0. The van der Waals surface area contributed by atoms with Crippen molar-refractivity contribution in [2.45, 2.75) is 0 Å². The molecule has 0 saturated heterocycles. The van der Waals surface area contributed by atoms with Gasteiger partial charge in [0.25, 0.3) is 0 Å². The molecule has 7 heteroatoms. The largest absolute Gasteiger partial charge is 0.412 e. The maximum Gasteiger partial charge on any atom is 0 e. The van der Waals surface area contributed by atoms with Gasteiger partial charge in [-0.25, -0.2) is 0 Å². The van der Waals surface area contributed by atoms with E-state index < -0.39 is 0 Å². The Hall–Kier alpha value is 0.266. The van der Waals surface area contributed by atoms with Crippen molar-refractivity contribution in [3.05, 3.63) is 0 Å². The van der Waals surface area contributed by atoms with Crippen LogP contribution in [0.4, 0.5) is 0 Å². The molecule has 0 aromatic heterocycles. The first-order chi connectivity index (χ1) is 0. The fraction of sp³-hybridized carbons (Fsp3) is 0. The molecule has 0 saturated carbocycles. The molecule has 0 bridgehead atoms. The quantitative estimate of drug-likeness (QED) is 0.331. The Kier molecular flexibility index (Phi) is 1400000. The van der Waals surface area contributed by atoms with Crippen molar-refractivity contribution >= 4 is 0 Å². The summed E-state index contributed by atoms with van der Waals surface area (Å²) in [5.74, 6) is 0. The zero-order valence-corrected chi connectivity index (χ0v) is 5.41. The Labute approximate surface area is 53.8 Å². The predicted molar refractivity (Wildman–Crippen MR) is 28.7 cm³/mol. The van der Waals surface area contributed by atoms with Crippen molar-refractivity contribution in [2.24, 2.45) is 0 Å². The van der Waals surface area contributed by atoms with Gasteiger partial charge in [-0.2, -0.15) is 0 Å². The summed E-state index contributed by atoms with van der Waals surface area (Å²) >= 11 is 0. The maximum absolute atomic E-state index is 0. The molecule has 0 aliphatic carbocycles. The summed E-state index contributed by atoms with van der Waals surface area (Å²) in [6.45, 7) is 0. The van der Waals surface area contributed by atoms with Gasteiger partial charge in [-0.05, 0) is 0 Å². The number of hydrogen-bond donors (Lipinski definition) is 5. The Morgan fingerprint density at radius 1 is 0.429 bits per heavy atom. The molecule has 0 fully saturated rings. The van der Waals surface area contributed by atoms with E-state index in [-0.39, 0.29) is 53.0 Å². The summed E-state index contributed by atoms with van der Waals surface area (Å²) in [5.41, 5.74) is 0. The van der Waals surface area contributed by atoms with Crippen LogP contribution < -0.4 is 30.8 Å². The molecule has 0 aromatic rings. The van der Waals surface area contributed by atoms with E-state index in [1.54, 1.807) is 0 Å². The van der Waals surface area contributed by atoms with E-state index in [1.165, 1.54) is 0 Å². The van der Waals surface area contributed by atoms with Gasteiger partial charge in [0, 0.05) is 16.8 Å². The minimum atomic E-state index is 0. The molecule has 0 aliphatic heterocycles. The third kappa shape index (κ3) is 1610. The van der Waals surface area contributed by atoms with Crippen molar-refractivity contribution in [3.8, 4) is 0 Å². The van der Waals surface area contributed by atoms with Crippen molar-refractivity contribution in [1.82, 2.24) is 30.8 Å². The van der Waals surface area contributed by atoms with Crippen LogP contribution >= 0.6 is 0 Å². The first-order valence-electron chi connectivity index (χ1n) is 0. The van der Waals surface area contributed by atoms with Crippen LogP contribution in [0.5, 0.6) is 0 Å². The third-order valence-electron chi connectivity index (χ3n) is 0. The van der Waals surface area contributed by atoms with Gasteiger partial charge >= 0.3 is 0 Å². The SMILES string of the molecule is N.N.N.N.N.O.[Co]. The fourth-order valence-electron chi connectivity index (χ4n) is 0. The molecule has 7 heavy (non-hydrogen) atoms. The summed E-state index contributed by atoms with van der Waals surface area (Å²) < 4.78 is 0. The second kappa shape index (κ2) is 2450. The van der Waals surface area contributed by atoms with E-state index in [0.717, 1.165) is 0 Å². The Balaban J connectivity index is 0. The smallest absolute Gasteiger partial charge is 0 e. The summed E-state index contributed by atoms with van der Waals surface area (Å²) in [6, 6.07) is 0.